The summed E-state index contributed by atoms with van der Waals surface area (Å²) in [6.07, 6.45) is 0. The average molecular weight is 247 g/mol. The molecule has 0 saturated heterocycles. The van der Waals surface area contributed by atoms with Crippen LogP contribution >= 0.6 is 0 Å². The molecule has 4 heteroatoms. The van der Waals surface area contributed by atoms with E-state index < -0.39 is 17.5 Å². The third-order valence-corrected chi connectivity index (χ3v) is 2.77. The molecule has 0 spiro atoms. The topological polar surface area (TPSA) is 43.1 Å². The number of halogens is 2. The Morgan fingerprint density at radius 1 is 1.11 bits per heavy atom. The zero-order valence-corrected chi connectivity index (χ0v) is 9.71. The van der Waals surface area contributed by atoms with Crippen LogP contribution in [0.4, 0.5) is 8.78 Å². The summed E-state index contributed by atoms with van der Waals surface area (Å²) < 4.78 is 27.7. The summed E-state index contributed by atoms with van der Waals surface area (Å²) in [7, 11) is 0. The first kappa shape index (κ1) is 12.2. The van der Waals surface area contributed by atoms with Gasteiger partial charge in [0, 0.05) is 11.1 Å². The summed E-state index contributed by atoms with van der Waals surface area (Å²) in [5.74, 6) is -2.49. The van der Waals surface area contributed by atoms with Gasteiger partial charge < -0.3 is 5.73 Å². The summed E-state index contributed by atoms with van der Waals surface area (Å²) in [5.41, 5.74) is 5.32. The lowest BCUT2D eigenvalue weighted by Crippen LogP contribution is -2.15. The van der Waals surface area contributed by atoms with Gasteiger partial charge in [-0.2, -0.15) is 0 Å². The summed E-state index contributed by atoms with van der Waals surface area (Å²) in [6.45, 7) is 1.28. The molecule has 0 heterocycles. The average Bonchev–Trinajstić information content (AvgIpc) is 2.37. The molecular weight excluding hydrogens is 236 g/mol. The number of carbonyl (C=O) groups excluding carboxylic acids is 1. The van der Waals surface area contributed by atoms with E-state index in [0.717, 1.165) is 6.07 Å². The van der Waals surface area contributed by atoms with E-state index in [1.807, 2.05) is 0 Å². The van der Waals surface area contributed by atoms with Gasteiger partial charge in [0.25, 0.3) is 5.91 Å². The fraction of sp³-hybridized carbons (Fsp3) is 0.0714. The van der Waals surface area contributed by atoms with Crippen LogP contribution in [0, 0.1) is 18.6 Å². The van der Waals surface area contributed by atoms with Gasteiger partial charge >= 0.3 is 0 Å². The molecule has 92 valence electrons. The molecule has 18 heavy (non-hydrogen) atoms. The van der Waals surface area contributed by atoms with Gasteiger partial charge in [0.2, 0.25) is 0 Å². The highest BCUT2D eigenvalue weighted by atomic mass is 19.1. The molecule has 0 saturated carbocycles. The van der Waals surface area contributed by atoms with E-state index in [1.165, 1.54) is 6.92 Å². The molecule has 0 aliphatic carbocycles. The number of amides is 1. The molecule has 0 aliphatic heterocycles. The summed E-state index contributed by atoms with van der Waals surface area (Å²) >= 11 is 0. The zero-order chi connectivity index (χ0) is 13.3. The van der Waals surface area contributed by atoms with Gasteiger partial charge in [-0.15, -0.1) is 0 Å². The largest absolute Gasteiger partial charge is 0.366 e. The van der Waals surface area contributed by atoms with Crippen LogP contribution in [0.1, 0.15) is 15.9 Å². The monoisotopic (exact) mass is 247 g/mol. The van der Waals surface area contributed by atoms with E-state index >= 15 is 0 Å². The third-order valence-electron chi connectivity index (χ3n) is 2.77. The maximum absolute atomic E-state index is 14.0. The molecule has 0 unspecified atom stereocenters. The Kier molecular flexibility index (Phi) is 3.10. The van der Waals surface area contributed by atoms with E-state index in [9.17, 15) is 13.6 Å². The van der Waals surface area contributed by atoms with Gasteiger partial charge in [-0.3, -0.25) is 4.79 Å². The molecule has 2 N–H and O–H groups in total. The van der Waals surface area contributed by atoms with Crippen molar-refractivity contribution in [2.45, 2.75) is 6.92 Å². The van der Waals surface area contributed by atoms with E-state index in [2.05, 4.69) is 0 Å². The highest BCUT2D eigenvalue weighted by Gasteiger charge is 2.19. The van der Waals surface area contributed by atoms with Crippen LogP contribution in [-0.2, 0) is 0 Å². The molecule has 0 radical (unpaired) electrons. The van der Waals surface area contributed by atoms with E-state index in [4.69, 9.17) is 5.73 Å². The number of carbonyl (C=O) groups is 1. The van der Waals surface area contributed by atoms with Crippen LogP contribution in [0.2, 0.25) is 0 Å². The van der Waals surface area contributed by atoms with Gasteiger partial charge in [0.05, 0.1) is 5.56 Å². The molecule has 0 atom stereocenters. The lowest BCUT2D eigenvalue weighted by molar-refractivity contribution is 0.0996. The minimum Gasteiger partial charge on any atom is -0.366 e. The second-order valence-electron chi connectivity index (χ2n) is 3.95. The molecule has 2 aromatic carbocycles. The smallest absolute Gasteiger partial charge is 0.251 e. The van der Waals surface area contributed by atoms with Gasteiger partial charge in [-0.05, 0) is 18.6 Å². The molecule has 0 fully saturated rings. The standard InChI is InChI=1S/C14H11F2NO/c1-8-12(15)10(9-5-3-2-4-6-9)7-11(13(8)16)14(17)18/h2-7H,1H3,(H2,17,18). The second-order valence-corrected chi connectivity index (χ2v) is 3.95. The molecule has 2 rings (SSSR count). The van der Waals surface area contributed by atoms with Crippen LogP contribution < -0.4 is 5.73 Å². The molecular formula is C14H11F2NO. The normalized spacial score (nSPS) is 10.4. The predicted octanol–water partition coefficient (Wildman–Crippen LogP) is 3.04. The SMILES string of the molecule is Cc1c(F)c(C(N)=O)cc(-c2ccccc2)c1F. The predicted molar refractivity (Wildman–Crippen MR) is 65.0 cm³/mol. The van der Waals surface area contributed by atoms with Crippen molar-refractivity contribution in [3.8, 4) is 11.1 Å². The lowest BCUT2D eigenvalue weighted by Gasteiger charge is -2.10. The Bertz CT molecular complexity index is 609. The molecule has 2 nitrogen and oxygen atoms in total. The minimum atomic E-state index is -0.909. The number of rotatable bonds is 2. The van der Waals surface area contributed by atoms with Crippen LogP contribution in [-0.4, -0.2) is 5.91 Å². The molecule has 0 bridgehead atoms. The number of primary amides is 1. The van der Waals surface area contributed by atoms with Crippen molar-refractivity contribution >= 4 is 5.91 Å². The minimum absolute atomic E-state index is 0.170. The fourth-order valence-electron chi connectivity index (χ4n) is 1.78. The number of benzene rings is 2. The first-order chi connectivity index (χ1) is 8.52. The van der Waals surface area contributed by atoms with Gasteiger partial charge in [0.15, 0.2) is 0 Å². The van der Waals surface area contributed by atoms with Crippen molar-refractivity contribution in [1.29, 1.82) is 0 Å². The molecule has 0 aromatic heterocycles. The van der Waals surface area contributed by atoms with E-state index in [1.54, 1.807) is 30.3 Å². The highest BCUT2D eigenvalue weighted by molar-refractivity contribution is 5.94. The van der Waals surface area contributed by atoms with Crippen LogP contribution in [0.3, 0.4) is 0 Å². The molecule has 1 amide bonds. The van der Waals surface area contributed by atoms with Crippen molar-refractivity contribution in [3.05, 3.63) is 59.2 Å². The quantitative estimate of drug-likeness (QED) is 0.870. The first-order valence-electron chi connectivity index (χ1n) is 5.36. The van der Waals surface area contributed by atoms with E-state index in [0.29, 0.717) is 5.56 Å². The van der Waals surface area contributed by atoms with Crippen LogP contribution in [0.15, 0.2) is 36.4 Å². The lowest BCUT2D eigenvalue weighted by atomic mass is 9.98. The van der Waals surface area contributed by atoms with Crippen LogP contribution in [0.5, 0.6) is 0 Å². The first-order valence-corrected chi connectivity index (χ1v) is 5.36. The number of hydrogen-bond donors (Lipinski definition) is 1. The Morgan fingerprint density at radius 3 is 2.28 bits per heavy atom. The van der Waals surface area contributed by atoms with Crippen molar-refractivity contribution < 1.29 is 13.6 Å². The Morgan fingerprint density at radius 2 is 1.72 bits per heavy atom. The number of hydrogen-bond acceptors (Lipinski definition) is 1. The van der Waals surface area contributed by atoms with Gasteiger partial charge in [-0.25, -0.2) is 8.78 Å². The Balaban J connectivity index is 2.73. The Labute approximate surface area is 103 Å². The van der Waals surface area contributed by atoms with Crippen molar-refractivity contribution in [3.63, 3.8) is 0 Å². The maximum Gasteiger partial charge on any atom is 0.251 e. The fourth-order valence-corrected chi connectivity index (χ4v) is 1.78. The maximum atomic E-state index is 14.0. The highest BCUT2D eigenvalue weighted by Crippen LogP contribution is 2.28. The zero-order valence-electron chi connectivity index (χ0n) is 9.71. The molecule has 2 aromatic rings. The molecule has 0 aliphatic rings. The van der Waals surface area contributed by atoms with Crippen molar-refractivity contribution in [2.75, 3.05) is 0 Å². The summed E-state index contributed by atoms with van der Waals surface area (Å²) in [6, 6.07) is 9.76. The Hall–Kier alpha value is -2.23. The van der Waals surface area contributed by atoms with E-state index in [-0.39, 0.29) is 16.7 Å². The second kappa shape index (κ2) is 4.56. The van der Waals surface area contributed by atoms with Gasteiger partial charge in [0.1, 0.15) is 11.6 Å². The summed E-state index contributed by atoms with van der Waals surface area (Å²) in [4.78, 5) is 11.1. The van der Waals surface area contributed by atoms with Gasteiger partial charge in [-0.1, -0.05) is 30.3 Å². The van der Waals surface area contributed by atoms with Crippen molar-refractivity contribution in [1.82, 2.24) is 0 Å². The number of nitrogens with two attached hydrogens (primary N) is 1. The van der Waals surface area contributed by atoms with Crippen LogP contribution in [0.25, 0.3) is 11.1 Å². The van der Waals surface area contributed by atoms with Crippen molar-refractivity contribution in [2.24, 2.45) is 5.73 Å². The summed E-state index contributed by atoms with van der Waals surface area (Å²) in [5, 5.41) is 0. The third kappa shape index (κ3) is 1.97.